The summed E-state index contributed by atoms with van der Waals surface area (Å²) in [5.41, 5.74) is 4.21. The summed E-state index contributed by atoms with van der Waals surface area (Å²) >= 11 is 0. The second-order valence-corrected chi connectivity index (χ2v) is 9.05. The van der Waals surface area contributed by atoms with Gasteiger partial charge in [0.25, 0.3) is 0 Å². The largest absolute Gasteiger partial charge is 0.378 e. The summed E-state index contributed by atoms with van der Waals surface area (Å²) in [6, 6.07) is 24.2. The van der Waals surface area contributed by atoms with E-state index in [9.17, 15) is 9.59 Å². The van der Waals surface area contributed by atoms with Crippen molar-refractivity contribution in [3.63, 3.8) is 0 Å². The Morgan fingerprint density at radius 2 is 1.68 bits per heavy atom. The maximum absolute atomic E-state index is 13.5. The highest BCUT2D eigenvalue weighted by molar-refractivity contribution is 5.97. The number of ether oxygens (including phenoxy) is 1. The van der Waals surface area contributed by atoms with Gasteiger partial charge in [-0.3, -0.25) is 9.59 Å². The lowest BCUT2D eigenvalue weighted by atomic mass is 10.1. The third kappa shape index (κ3) is 5.78. The van der Waals surface area contributed by atoms with Gasteiger partial charge in [0.1, 0.15) is 18.1 Å². The summed E-state index contributed by atoms with van der Waals surface area (Å²) in [6.45, 7) is 5.16. The van der Waals surface area contributed by atoms with Crippen LogP contribution in [0, 0.1) is 0 Å². The number of fused-ring (bicyclic) bond motifs is 1. The molecule has 0 saturated carbocycles. The molecule has 190 valence electrons. The van der Waals surface area contributed by atoms with E-state index < -0.39 is 6.04 Å². The van der Waals surface area contributed by atoms with Gasteiger partial charge in [-0.1, -0.05) is 47.7 Å². The Morgan fingerprint density at radius 1 is 0.973 bits per heavy atom. The standard InChI is InChI=1S/C28H30N6O3/c1-21(28(36)29-23-11-13-24(14-12-23)32-15-17-37-18-16-32)33(19-22-7-3-2-4-8-22)27(35)20-34-26-10-6-5-9-25(26)30-31-34/h2-14,21H,15-20H2,1H3,(H,29,36). The predicted molar refractivity (Wildman–Crippen MR) is 142 cm³/mol. The summed E-state index contributed by atoms with van der Waals surface area (Å²) in [6.07, 6.45) is 0. The Balaban J connectivity index is 1.31. The number of para-hydroxylation sites is 1. The molecule has 37 heavy (non-hydrogen) atoms. The van der Waals surface area contributed by atoms with E-state index in [1.165, 1.54) is 0 Å². The lowest BCUT2D eigenvalue weighted by Crippen LogP contribution is -2.46. The van der Waals surface area contributed by atoms with Gasteiger partial charge in [-0.05, 0) is 48.9 Å². The van der Waals surface area contributed by atoms with Crippen molar-refractivity contribution in [3.8, 4) is 0 Å². The summed E-state index contributed by atoms with van der Waals surface area (Å²) < 4.78 is 7.00. The van der Waals surface area contributed by atoms with Crippen LogP contribution >= 0.6 is 0 Å². The molecule has 0 aliphatic carbocycles. The van der Waals surface area contributed by atoms with E-state index in [2.05, 4.69) is 20.5 Å². The summed E-state index contributed by atoms with van der Waals surface area (Å²) in [5.74, 6) is -0.475. The SMILES string of the molecule is CC(C(=O)Nc1ccc(N2CCOCC2)cc1)N(Cc1ccccc1)C(=O)Cn1nnc2ccccc21. The van der Waals surface area contributed by atoms with Crippen molar-refractivity contribution in [1.82, 2.24) is 19.9 Å². The number of nitrogens with zero attached hydrogens (tertiary/aromatic N) is 5. The molecule has 9 nitrogen and oxygen atoms in total. The molecule has 1 aromatic heterocycles. The van der Waals surface area contributed by atoms with Gasteiger partial charge in [0, 0.05) is 31.0 Å². The van der Waals surface area contributed by atoms with Crippen LogP contribution in [0.3, 0.4) is 0 Å². The number of carbonyl (C=O) groups excluding carboxylic acids is 2. The zero-order valence-corrected chi connectivity index (χ0v) is 20.8. The van der Waals surface area contributed by atoms with E-state index in [-0.39, 0.29) is 18.4 Å². The van der Waals surface area contributed by atoms with Gasteiger partial charge >= 0.3 is 0 Å². The van der Waals surface area contributed by atoms with Crippen LogP contribution in [0.1, 0.15) is 12.5 Å². The predicted octanol–water partition coefficient (Wildman–Crippen LogP) is 3.32. The first-order valence-corrected chi connectivity index (χ1v) is 12.4. The Kier molecular flexibility index (Phi) is 7.41. The number of nitrogens with one attached hydrogen (secondary N) is 1. The van der Waals surface area contributed by atoms with Crippen molar-refractivity contribution >= 4 is 34.2 Å². The zero-order valence-electron chi connectivity index (χ0n) is 20.8. The summed E-state index contributed by atoms with van der Waals surface area (Å²) in [5, 5.41) is 11.3. The number of amides is 2. The Morgan fingerprint density at radius 3 is 2.43 bits per heavy atom. The van der Waals surface area contributed by atoms with Crippen molar-refractivity contribution in [2.45, 2.75) is 26.1 Å². The highest BCUT2D eigenvalue weighted by Crippen LogP contribution is 2.20. The number of carbonyl (C=O) groups is 2. The average Bonchev–Trinajstić information content (AvgIpc) is 3.35. The maximum Gasteiger partial charge on any atom is 0.246 e. The molecule has 3 aromatic carbocycles. The first-order valence-electron chi connectivity index (χ1n) is 12.4. The zero-order chi connectivity index (χ0) is 25.6. The normalized spacial score (nSPS) is 14.4. The Labute approximate surface area is 215 Å². The van der Waals surface area contributed by atoms with E-state index in [0.717, 1.165) is 35.4 Å². The van der Waals surface area contributed by atoms with Gasteiger partial charge < -0.3 is 19.9 Å². The van der Waals surface area contributed by atoms with Crippen LogP contribution in [0.4, 0.5) is 11.4 Å². The van der Waals surface area contributed by atoms with Crippen molar-refractivity contribution in [1.29, 1.82) is 0 Å². The fourth-order valence-electron chi connectivity index (χ4n) is 4.44. The minimum atomic E-state index is -0.707. The molecule has 0 bridgehead atoms. The fraction of sp³-hybridized carbons (Fsp3) is 0.286. The van der Waals surface area contributed by atoms with Crippen LogP contribution in [-0.4, -0.2) is 64.1 Å². The first kappa shape index (κ1) is 24.5. The summed E-state index contributed by atoms with van der Waals surface area (Å²) in [7, 11) is 0. The molecule has 2 amide bonds. The third-order valence-corrected chi connectivity index (χ3v) is 6.58. The number of anilines is 2. The smallest absolute Gasteiger partial charge is 0.246 e. The monoisotopic (exact) mass is 498 g/mol. The fourth-order valence-corrected chi connectivity index (χ4v) is 4.44. The van der Waals surface area contributed by atoms with E-state index in [0.29, 0.717) is 25.4 Å². The van der Waals surface area contributed by atoms with Crippen LogP contribution < -0.4 is 10.2 Å². The van der Waals surface area contributed by atoms with E-state index in [4.69, 9.17) is 4.74 Å². The second-order valence-electron chi connectivity index (χ2n) is 9.05. The molecule has 9 heteroatoms. The molecule has 1 saturated heterocycles. The van der Waals surface area contributed by atoms with Gasteiger partial charge in [-0.2, -0.15) is 0 Å². The minimum absolute atomic E-state index is 0.0147. The molecule has 0 radical (unpaired) electrons. The average molecular weight is 499 g/mol. The lowest BCUT2D eigenvalue weighted by Gasteiger charge is -2.29. The van der Waals surface area contributed by atoms with E-state index in [1.54, 1.807) is 16.5 Å². The molecular formula is C28H30N6O3. The van der Waals surface area contributed by atoms with Crippen LogP contribution in [0.2, 0.25) is 0 Å². The summed E-state index contributed by atoms with van der Waals surface area (Å²) in [4.78, 5) is 30.6. The van der Waals surface area contributed by atoms with Gasteiger partial charge in [-0.25, -0.2) is 4.68 Å². The Bertz CT molecular complexity index is 1350. The van der Waals surface area contributed by atoms with Crippen molar-refractivity contribution in [2.75, 3.05) is 36.5 Å². The number of aromatic nitrogens is 3. The molecule has 1 N–H and O–H groups in total. The van der Waals surface area contributed by atoms with Crippen molar-refractivity contribution in [3.05, 3.63) is 84.4 Å². The third-order valence-electron chi connectivity index (χ3n) is 6.58. The van der Waals surface area contributed by atoms with E-state index in [1.807, 2.05) is 78.9 Å². The molecule has 1 aliphatic rings. The Hall–Kier alpha value is -4.24. The molecule has 5 rings (SSSR count). The van der Waals surface area contributed by atoms with Crippen molar-refractivity contribution < 1.29 is 14.3 Å². The lowest BCUT2D eigenvalue weighted by molar-refractivity contribution is -0.139. The van der Waals surface area contributed by atoms with Gasteiger partial charge in [0.15, 0.2) is 0 Å². The highest BCUT2D eigenvalue weighted by Gasteiger charge is 2.27. The minimum Gasteiger partial charge on any atom is -0.378 e. The van der Waals surface area contributed by atoms with Crippen LogP contribution in [0.25, 0.3) is 11.0 Å². The maximum atomic E-state index is 13.5. The molecular weight excluding hydrogens is 468 g/mol. The van der Waals surface area contributed by atoms with E-state index >= 15 is 0 Å². The van der Waals surface area contributed by atoms with Gasteiger partial charge in [0.05, 0.1) is 18.7 Å². The number of hydrogen-bond donors (Lipinski definition) is 1. The van der Waals surface area contributed by atoms with Crippen molar-refractivity contribution in [2.24, 2.45) is 0 Å². The topological polar surface area (TPSA) is 92.6 Å². The number of rotatable bonds is 8. The van der Waals surface area contributed by atoms with Crippen LogP contribution in [0.15, 0.2) is 78.9 Å². The molecule has 1 unspecified atom stereocenters. The second kappa shape index (κ2) is 11.2. The number of hydrogen-bond acceptors (Lipinski definition) is 6. The quantitative estimate of drug-likeness (QED) is 0.401. The first-order chi connectivity index (χ1) is 18.1. The van der Waals surface area contributed by atoms with Crippen LogP contribution in [0.5, 0.6) is 0 Å². The molecule has 4 aromatic rings. The van der Waals surface area contributed by atoms with Crippen LogP contribution in [-0.2, 0) is 27.4 Å². The number of morpholine rings is 1. The molecule has 1 fully saturated rings. The molecule has 1 atom stereocenters. The molecule has 1 aliphatic heterocycles. The number of benzene rings is 3. The highest BCUT2D eigenvalue weighted by atomic mass is 16.5. The van der Waals surface area contributed by atoms with Gasteiger partial charge in [-0.15, -0.1) is 5.10 Å². The molecule has 0 spiro atoms. The van der Waals surface area contributed by atoms with Gasteiger partial charge in [0.2, 0.25) is 11.8 Å². The molecule has 2 heterocycles.